The van der Waals surface area contributed by atoms with Crippen LogP contribution in [0.3, 0.4) is 0 Å². The van der Waals surface area contributed by atoms with Crippen LogP contribution in [0.1, 0.15) is 26.7 Å². The molecule has 0 aliphatic carbocycles. The first-order chi connectivity index (χ1) is 9.24. The number of hydrogen-bond donors (Lipinski definition) is 1. The summed E-state index contributed by atoms with van der Waals surface area (Å²) in [5.41, 5.74) is 1.88. The third-order valence-corrected chi connectivity index (χ3v) is 3.82. The van der Waals surface area contributed by atoms with Crippen molar-refractivity contribution in [1.29, 1.82) is 0 Å². The summed E-state index contributed by atoms with van der Waals surface area (Å²) in [4.78, 5) is 20.4. The molecule has 4 nitrogen and oxygen atoms in total. The van der Waals surface area contributed by atoms with E-state index >= 15 is 0 Å². The molecule has 0 radical (unpaired) electrons. The Bertz CT molecular complexity index is 535. The minimum Gasteiger partial charge on any atom is -0.302 e. The van der Waals surface area contributed by atoms with Gasteiger partial charge in [0.25, 0.3) is 0 Å². The first kappa shape index (κ1) is 13.7. The van der Waals surface area contributed by atoms with E-state index < -0.39 is 0 Å². The van der Waals surface area contributed by atoms with Crippen molar-refractivity contribution >= 4 is 22.4 Å². The number of aromatic nitrogens is 2. The highest BCUT2D eigenvalue weighted by Crippen LogP contribution is 2.25. The van der Waals surface area contributed by atoms with E-state index in [-0.39, 0.29) is 11.8 Å². The molecule has 100 valence electrons. The van der Waals surface area contributed by atoms with Crippen molar-refractivity contribution in [2.45, 2.75) is 26.7 Å². The summed E-state index contributed by atoms with van der Waals surface area (Å²) in [6, 6.07) is 3.81. The topological polar surface area (TPSA) is 54.9 Å². The zero-order valence-electron chi connectivity index (χ0n) is 11.1. The van der Waals surface area contributed by atoms with Crippen molar-refractivity contribution in [3.05, 3.63) is 29.9 Å². The summed E-state index contributed by atoms with van der Waals surface area (Å²) >= 11 is 1.45. The second-order valence-corrected chi connectivity index (χ2v) is 5.13. The van der Waals surface area contributed by atoms with E-state index in [1.165, 1.54) is 11.3 Å². The average molecular weight is 275 g/mol. The van der Waals surface area contributed by atoms with E-state index in [2.05, 4.69) is 15.3 Å². The Kier molecular flexibility index (Phi) is 4.63. The maximum absolute atomic E-state index is 12.0. The minimum absolute atomic E-state index is 0.0561. The highest BCUT2D eigenvalue weighted by molar-refractivity contribution is 7.14. The Labute approximate surface area is 116 Å². The van der Waals surface area contributed by atoms with Crippen molar-refractivity contribution in [3.8, 4) is 11.3 Å². The molecule has 0 unspecified atom stereocenters. The Morgan fingerprint density at radius 3 is 2.63 bits per heavy atom. The summed E-state index contributed by atoms with van der Waals surface area (Å²) in [7, 11) is 0. The van der Waals surface area contributed by atoms with Gasteiger partial charge in [0.1, 0.15) is 0 Å². The summed E-state index contributed by atoms with van der Waals surface area (Å²) < 4.78 is 0. The van der Waals surface area contributed by atoms with Gasteiger partial charge >= 0.3 is 0 Å². The van der Waals surface area contributed by atoms with E-state index in [0.717, 1.165) is 24.1 Å². The molecule has 2 heterocycles. The van der Waals surface area contributed by atoms with Crippen molar-refractivity contribution < 1.29 is 4.79 Å². The molecular formula is C14H17N3OS. The lowest BCUT2D eigenvalue weighted by molar-refractivity contribution is -0.120. The van der Waals surface area contributed by atoms with Gasteiger partial charge in [-0.25, -0.2) is 4.98 Å². The molecule has 5 heteroatoms. The first-order valence-electron chi connectivity index (χ1n) is 6.41. The zero-order chi connectivity index (χ0) is 13.7. The molecule has 2 rings (SSSR count). The Hall–Kier alpha value is -1.75. The molecule has 0 saturated carbocycles. The third kappa shape index (κ3) is 3.38. The largest absolute Gasteiger partial charge is 0.302 e. The van der Waals surface area contributed by atoms with Gasteiger partial charge in [-0.15, -0.1) is 11.3 Å². The SMILES string of the molecule is CCC(CC)C(=O)Nc1nc(-c2ccncc2)cs1. The van der Waals surface area contributed by atoms with Crippen molar-refractivity contribution in [1.82, 2.24) is 9.97 Å². The Morgan fingerprint density at radius 1 is 1.32 bits per heavy atom. The number of carbonyl (C=O) groups excluding carboxylic acids is 1. The number of anilines is 1. The van der Waals surface area contributed by atoms with Gasteiger partial charge < -0.3 is 5.32 Å². The van der Waals surface area contributed by atoms with Crippen LogP contribution in [0.15, 0.2) is 29.9 Å². The van der Waals surface area contributed by atoms with Crippen LogP contribution in [0.5, 0.6) is 0 Å². The van der Waals surface area contributed by atoms with Crippen LogP contribution in [0.4, 0.5) is 5.13 Å². The number of amides is 1. The smallest absolute Gasteiger partial charge is 0.229 e. The summed E-state index contributed by atoms with van der Waals surface area (Å²) in [5.74, 6) is 0.119. The van der Waals surface area contributed by atoms with Crippen LogP contribution in [-0.2, 0) is 4.79 Å². The molecule has 2 aromatic heterocycles. The fraction of sp³-hybridized carbons (Fsp3) is 0.357. The molecular weight excluding hydrogens is 258 g/mol. The maximum atomic E-state index is 12.0. The van der Waals surface area contributed by atoms with Gasteiger partial charge in [0.15, 0.2) is 5.13 Å². The molecule has 0 atom stereocenters. The van der Waals surface area contributed by atoms with Gasteiger partial charge in [0, 0.05) is 29.3 Å². The summed E-state index contributed by atoms with van der Waals surface area (Å²) in [5, 5.41) is 5.49. The standard InChI is InChI=1S/C14H17N3OS/c1-3-10(4-2)13(18)17-14-16-12(9-19-14)11-5-7-15-8-6-11/h5-10H,3-4H2,1-2H3,(H,16,17,18). The molecule has 1 N–H and O–H groups in total. The molecule has 1 amide bonds. The number of nitrogens with one attached hydrogen (secondary N) is 1. The van der Waals surface area contributed by atoms with E-state index in [0.29, 0.717) is 5.13 Å². The van der Waals surface area contributed by atoms with Crippen LogP contribution < -0.4 is 5.32 Å². The van der Waals surface area contributed by atoms with Gasteiger partial charge in [-0.2, -0.15) is 0 Å². The number of rotatable bonds is 5. The molecule has 0 saturated heterocycles. The molecule has 0 bridgehead atoms. The zero-order valence-corrected chi connectivity index (χ0v) is 11.9. The molecule has 0 aliphatic rings. The molecule has 0 fully saturated rings. The quantitative estimate of drug-likeness (QED) is 0.907. The van der Waals surface area contributed by atoms with Crippen molar-refractivity contribution in [3.63, 3.8) is 0 Å². The van der Waals surface area contributed by atoms with Crippen LogP contribution >= 0.6 is 11.3 Å². The molecule has 19 heavy (non-hydrogen) atoms. The van der Waals surface area contributed by atoms with Crippen molar-refractivity contribution in [2.75, 3.05) is 5.32 Å². The Morgan fingerprint density at radius 2 is 2.00 bits per heavy atom. The second-order valence-electron chi connectivity index (χ2n) is 4.28. The molecule has 0 aromatic carbocycles. The molecule has 2 aromatic rings. The average Bonchev–Trinajstić information content (AvgIpc) is 2.89. The van der Waals surface area contributed by atoms with Gasteiger partial charge in [0.2, 0.25) is 5.91 Å². The van der Waals surface area contributed by atoms with Crippen LogP contribution in [-0.4, -0.2) is 15.9 Å². The lowest BCUT2D eigenvalue weighted by Crippen LogP contribution is -2.21. The second kappa shape index (κ2) is 6.43. The lowest BCUT2D eigenvalue weighted by Gasteiger charge is -2.10. The predicted molar refractivity (Wildman–Crippen MR) is 78.0 cm³/mol. The predicted octanol–water partition coefficient (Wildman–Crippen LogP) is 3.58. The molecule has 0 aliphatic heterocycles. The van der Waals surface area contributed by atoms with Gasteiger partial charge in [0.05, 0.1) is 5.69 Å². The minimum atomic E-state index is 0.0561. The number of hydrogen-bond acceptors (Lipinski definition) is 4. The Balaban J connectivity index is 2.08. The van der Waals surface area contributed by atoms with Crippen LogP contribution in [0.25, 0.3) is 11.3 Å². The highest BCUT2D eigenvalue weighted by Gasteiger charge is 2.15. The van der Waals surface area contributed by atoms with E-state index in [1.807, 2.05) is 31.4 Å². The van der Waals surface area contributed by atoms with Gasteiger partial charge in [-0.05, 0) is 25.0 Å². The number of thiazole rings is 1. The summed E-state index contributed by atoms with van der Waals surface area (Å²) in [6.07, 6.45) is 5.17. The fourth-order valence-electron chi connectivity index (χ4n) is 1.85. The number of pyridine rings is 1. The highest BCUT2D eigenvalue weighted by atomic mass is 32.1. The van der Waals surface area contributed by atoms with E-state index in [4.69, 9.17) is 0 Å². The van der Waals surface area contributed by atoms with Crippen LogP contribution in [0.2, 0.25) is 0 Å². The van der Waals surface area contributed by atoms with Crippen LogP contribution in [0, 0.1) is 5.92 Å². The normalized spacial score (nSPS) is 10.7. The van der Waals surface area contributed by atoms with E-state index in [9.17, 15) is 4.79 Å². The van der Waals surface area contributed by atoms with Gasteiger partial charge in [-0.1, -0.05) is 13.8 Å². The lowest BCUT2D eigenvalue weighted by atomic mass is 10.0. The fourth-order valence-corrected chi connectivity index (χ4v) is 2.58. The first-order valence-corrected chi connectivity index (χ1v) is 7.29. The summed E-state index contributed by atoms with van der Waals surface area (Å²) in [6.45, 7) is 4.05. The molecule has 0 spiro atoms. The van der Waals surface area contributed by atoms with Crippen molar-refractivity contribution in [2.24, 2.45) is 5.92 Å². The maximum Gasteiger partial charge on any atom is 0.229 e. The monoisotopic (exact) mass is 275 g/mol. The number of carbonyl (C=O) groups is 1. The van der Waals surface area contributed by atoms with E-state index in [1.54, 1.807) is 12.4 Å². The van der Waals surface area contributed by atoms with Gasteiger partial charge in [-0.3, -0.25) is 9.78 Å². The third-order valence-electron chi connectivity index (χ3n) is 3.07. The number of nitrogens with zero attached hydrogens (tertiary/aromatic N) is 2.